The first-order chi connectivity index (χ1) is 8.63. The van der Waals surface area contributed by atoms with Crippen LogP contribution in [0.1, 0.15) is 40.0 Å². The van der Waals surface area contributed by atoms with E-state index in [0.717, 1.165) is 19.3 Å². The highest BCUT2D eigenvalue weighted by Crippen LogP contribution is 2.25. The summed E-state index contributed by atoms with van der Waals surface area (Å²) in [6.07, 6.45) is 4.75. The molecule has 0 aliphatic carbocycles. The Kier molecular flexibility index (Phi) is 10.3. The zero-order chi connectivity index (χ0) is 14.0. The highest BCUT2D eigenvalue weighted by Gasteiger charge is 2.29. The maximum Gasteiger partial charge on any atom is 0.407 e. The van der Waals surface area contributed by atoms with Crippen molar-refractivity contribution >= 4 is 18.7 Å². The van der Waals surface area contributed by atoms with Gasteiger partial charge in [0.15, 0.2) is 0 Å². The van der Waals surface area contributed by atoms with E-state index < -0.39 is 0 Å². The van der Waals surface area contributed by atoms with Crippen LogP contribution in [-0.4, -0.2) is 37.7 Å². The molecule has 0 radical (unpaired) electrons. The fraction of sp³-hybridized carbons (Fsp3) is 0.923. The van der Waals surface area contributed by atoms with Gasteiger partial charge in [0.2, 0.25) is 0 Å². The third-order valence-corrected chi connectivity index (χ3v) is 3.04. The normalized spacial score (nSPS) is 26.2. The molecule has 3 unspecified atom stereocenters. The number of amides is 1. The standard InChI is InChI=1S/C12H23NO3.CH4S/c1-4-5-6-13-12(14)15-8-11-7-9(2)10(3)16-11;1-2/h9-11H,4-8H2,1-3H3,(H,13,14);2H,1H3. The maximum atomic E-state index is 11.2. The number of ether oxygens (including phenoxy) is 2. The second kappa shape index (κ2) is 10.5. The molecule has 5 heteroatoms. The molecule has 0 spiro atoms. The maximum absolute atomic E-state index is 11.2. The minimum atomic E-state index is -0.329. The van der Waals surface area contributed by atoms with Crippen molar-refractivity contribution in [2.75, 3.05) is 19.4 Å². The largest absolute Gasteiger partial charge is 0.447 e. The second-order valence-corrected chi connectivity index (χ2v) is 4.55. The Hall–Kier alpha value is -0.420. The molecular formula is C13H27NO3S. The molecule has 3 atom stereocenters. The Morgan fingerprint density at radius 3 is 2.61 bits per heavy atom. The Labute approximate surface area is 116 Å². The van der Waals surface area contributed by atoms with Crippen LogP contribution >= 0.6 is 12.6 Å². The molecule has 108 valence electrons. The molecule has 0 aromatic carbocycles. The second-order valence-electron chi connectivity index (χ2n) is 4.55. The zero-order valence-electron chi connectivity index (χ0n) is 11.9. The van der Waals surface area contributed by atoms with Crippen LogP contribution in [0.25, 0.3) is 0 Å². The van der Waals surface area contributed by atoms with Crippen LogP contribution < -0.4 is 5.32 Å². The lowest BCUT2D eigenvalue weighted by Crippen LogP contribution is -2.28. The molecule has 1 aliphatic rings. The summed E-state index contributed by atoms with van der Waals surface area (Å²) in [6, 6.07) is 0. The van der Waals surface area contributed by atoms with E-state index in [0.29, 0.717) is 19.1 Å². The average Bonchev–Trinajstić information content (AvgIpc) is 2.69. The van der Waals surface area contributed by atoms with Gasteiger partial charge < -0.3 is 14.8 Å². The lowest BCUT2D eigenvalue weighted by molar-refractivity contribution is 0.00776. The molecule has 0 bridgehead atoms. The number of hydrogen-bond donors (Lipinski definition) is 2. The summed E-state index contributed by atoms with van der Waals surface area (Å²) in [5, 5.41) is 2.71. The number of carbonyl (C=O) groups is 1. The fourth-order valence-corrected chi connectivity index (χ4v) is 1.79. The first kappa shape index (κ1) is 17.6. The van der Waals surface area contributed by atoms with Crippen LogP contribution in [0.5, 0.6) is 0 Å². The van der Waals surface area contributed by atoms with Gasteiger partial charge in [0.1, 0.15) is 6.61 Å². The van der Waals surface area contributed by atoms with E-state index in [2.05, 4.69) is 38.7 Å². The van der Waals surface area contributed by atoms with Crippen LogP contribution in [0.15, 0.2) is 0 Å². The lowest BCUT2D eigenvalue weighted by atomic mass is 10.0. The molecule has 1 rings (SSSR count). The predicted octanol–water partition coefficient (Wildman–Crippen LogP) is 2.87. The van der Waals surface area contributed by atoms with Crippen molar-refractivity contribution in [1.29, 1.82) is 0 Å². The third kappa shape index (κ3) is 7.11. The van der Waals surface area contributed by atoms with E-state index >= 15 is 0 Å². The Balaban J connectivity index is 0.00000137. The molecule has 18 heavy (non-hydrogen) atoms. The summed E-state index contributed by atoms with van der Waals surface area (Å²) < 4.78 is 10.7. The fourth-order valence-electron chi connectivity index (χ4n) is 1.79. The summed E-state index contributed by atoms with van der Waals surface area (Å²) in [5.41, 5.74) is 0. The number of unbranched alkanes of at least 4 members (excludes halogenated alkanes) is 1. The van der Waals surface area contributed by atoms with E-state index in [1.807, 2.05) is 0 Å². The van der Waals surface area contributed by atoms with Gasteiger partial charge in [-0.2, -0.15) is 12.6 Å². The number of hydrogen-bond acceptors (Lipinski definition) is 4. The van der Waals surface area contributed by atoms with Gasteiger partial charge in [0, 0.05) is 6.54 Å². The van der Waals surface area contributed by atoms with Gasteiger partial charge in [-0.15, -0.1) is 0 Å². The van der Waals surface area contributed by atoms with Gasteiger partial charge in [0.25, 0.3) is 0 Å². The summed E-state index contributed by atoms with van der Waals surface area (Å²) in [7, 11) is 0. The molecule has 1 heterocycles. The number of rotatable bonds is 5. The van der Waals surface area contributed by atoms with Gasteiger partial charge >= 0.3 is 6.09 Å². The first-order valence-corrected chi connectivity index (χ1v) is 7.53. The number of alkyl carbamates (subject to hydrolysis) is 1. The number of thiol groups is 1. The Bertz CT molecular complexity index is 216. The van der Waals surface area contributed by atoms with Crippen LogP contribution in [0.4, 0.5) is 4.79 Å². The number of carbonyl (C=O) groups excluding carboxylic acids is 1. The third-order valence-electron chi connectivity index (χ3n) is 3.04. The van der Waals surface area contributed by atoms with E-state index in [1.165, 1.54) is 0 Å². The Morgan fingerprint density at radius 2 is 2.11 bits per heavy atom. The minimum Gasteiger partial charge on any atom is -0.447 e. The van der Waals surface area contributed by atoms with Crippen LogP contribution in [0.2, 0.25) is 0 Å². The number of nitrogens with one attached hydrogen (secondary N) is 1. The molecule has 1 N–H and O–H groups in total. The van der Waals surface area contributed by atoms with Crippen LogP contribution in [-0.2, 0) is 9.47 Å². The van der Waals surface area contributed by atoms with E-state index in [-0.39, 0.29) is 18.3 Å². The molecule has 0 aromatic heterocycles. The predicted molar refractivity (Wildman–Crippen MR) is 77.3 cm³/mol. The molecule has 1 aliphatic heterocycles. The quantitative estimate of drug-likeness (QED) is 0.600. The molecular weight excluding hydrogens is 250 g/mol. The van der Waals surface area contributed by atoms with E-state index in [4.69, 9.17) is 9.47 Å². The smallest absolute Gasteiger partial charge is 0.407 e. The van der Waals surface area contributed by atoms with Gasteiger partial charge in [-0.25, -0.2) is 4.79 Å². The topological polar surface area (TPSA) is 47.6 Å². The molecule has 1 fully saturated rings. The van der Waals surface area contributed by atoms with Crippen molar-refractivity contribution in [2.45, 2.75) is 52.2 Å². The van der Waals surface area contributed by atoms with Crippen molar-refractivity contribution in [3.05, 3.63) is 0 Å². The van der Waals surface area contributed by atoms with Crippen molar-refractivity contribution in [3.63, 3.8) is 0 Å². The van der Waals surface area contributed by atoms with Crippen molar-refractivity contribution in [3.8, 4) is 0 Å². The van der Waals surface area contributed by atoms with Crippen LogP contribution in [0, 0.1) is 5.92 Å². The monoisotopic (exact) mass is 277 g/mol. The van der Waals surface area contributed by atoms with Gasteiger partial charge in [-0.05, 0) is 31.9 Å². The molecule has 4 nitrogen and oxygen atoms in total. The van der Waals surface area contributed by atoms with Crippen molar-refractivity contribution in [2.24, 2.45) is 5.92 Å². The SMILES string of the molecule is CCCCNC(=O)OCC1CC(C)C(C)O1.CS. The average molecular weight is 277 g/mol. The molecule has 0 saturated carbocycles. The van der Waals surface area contributed by atoms with Crippen molar-refractivity contribution < 1.29 is 14.3 Å². The van der Waals surface area contributed by atoms with E-state index in [9.17, 15) is 4.79 Å². The van der Waals surface area contributed by atoms with Gasteiger partial charge in [-0.3, -0.25) is 0 Å². The summed E-state index contributed by atoms with van der Waals surface area (Å²) in [5.74, 6) is 0.553. The Morgan fingerprint density at radius 1 is 1.44 bits per heavy atom. The minimum absolute atomic E-state index is 0.0712. The molecule has 0 aromatic rings. The molecule has 1 saturated heterocycles. The van der Waals surface area contributed by atoms with Gasteiger partial charge in [0.05, 0.1) is 12.2 Å². The van der Waals surface area contributed by atoms with Gasteiger partial charge in [-0.1, -0.05) is 20.3 Å². The van der Waals surface area contributed by atoms with Crippen LogP contribution in [0.3, 0.4) is 0 Å². The lowest BCUT2D eigenvalue weighted by Gasteiger charge is -2.12. The van der Waals surface area contributed by atoms with Crippen molar-refractivity contribution in [1.82, 2.24) is 5.32 Å². The highest BCUT2D eigenvalue weighted by atomic mass is 32.1. The first-order valence-electron chi connectivity index (χ1n) is 6.64. The summed E-state index contributed by atoms with van der Waals surface area (Å²) >= 11 is 3.53. The molecule has 1 amide bonds. The zero-order valence-corrected chi connectivity index (χ0v) is 12.8. The highest BCUT2D eigenvalue weighted by molar-refractivity contribution is 7.79. The summed E-state index contributed by atoms with van der Waals surface area (Å²) in [6.45, 7) is 7.36. The van der Waals surface area contributed by atoms with E-state index in [1.54, 1.807) is 6.26 Å². The summed E-state index contributed by atoms with van der Waals surface area (Å²) in [4.78, 5) is 11.2.